The zero-order valence-electron chi connectivity index (χ0n) is 10.6. The summed E-state index contributed by atoms with van der Waals surface area (Å²) in [6.07, 6.45) is 1.46. The number of pyridine rings is 1. The Balaban J connectivity index is 2.25. The van der Waals surface area contributed by atoms with E-state index >= 15 is 0 Å². The van der Waals surface area contributed by atoms with Crippen LogP contribution >= 0.6 is 34.2 Å². The van der Waals surface area contributed by atoms with Gasteiger partial charge in [-0.3, -0.25) is 9.59 Å². The molecule has 0 aliphatic heterocycles. The van der Waals surface area contributed by atoms with E-state index in [-0.39, 0.29) is 21.8 Å². The smallest absolute Gasteiger partial charge is 0.274 e. The van der Waals surface area contributed by atoms with Crippen LogP contribution in [0.25, 0.3) is 11.1 Å². The van der Waals surface area contributed by atoms with Gasteiger partial charge in [-0.2, -0.15) is 0 Å². The Morgan fingerprint density at radius 3 is 2.67 bits per heavy atom. The lowest BCUT2D eigenvalue weighted by molar-refractivity contribution is -0.108. The molecule has 1 aromatic heterocycles. The Morgan fingerprint density at radius 1 is 1.29 bits per heavy atom. The number of hydrogen-bond acceptors (Lipinski definition) is 4. The van der Waals surface area contributed by atoms with Gasteiger partial charge in [-0.15, -0.1) is 0 Å². The lowest BCUT2D eigenvalue weighted by Gasteiger charge is -2.07. The third-order valence-electron chi connectivity index (χ3n) is 2.63. The molecule has 0 saturated carbocycles. The highest BCUT2D eigenvalue weighted by Crippen LogP contribution is 2.26. The molecule has 108 valence electrons. The van der Waals surface area contributed by atoms with Gasteiger partial charge >= 0.3 is 0 Å². The number of carbonyl (C=O) groups is 2. The van der Waals surface area contributed by atoms with Crippen molar-refractivity contribution in [2.24, 2.45) is 0 Å². The predicted molar refractivity (Wildman–Crippen MR) is 87.7 cm³/mol. The number of carbonyl (C=O) groups excluding carboxylic acids is 2. The average Bonchev–Trinajstić information content (AvgIpc) is 2.44. The molecule has 1 aromatic carbocycles. The Bertz CT molecular complexity index is 706. The molecule has 0 radical (unpaired) electrons. The fourth-order valence-electron chi connectivity index (χ4n) is 1.69. The van der Waals surface area contributed by atoms with E-state index in [9.17, 15) is 14.7 Å². The Hall–Kier alpha value is -1.67. The third-order valence-corrected chi connectivity index (χ3v) is 3.25. The van der Waals surface area contributed by atoms with Crippen LogP contribution in [0, 0.1) is 0 Å². The normalized spacial score (nSPS) is 10.2. The van der Waals surface area contributed by atoms with Crippen molar-refractivity contribution in [1.82, 2.24) is 10.3 Å². The van der Waals surface area contributed by atoms with Crippen LogP contribution in [0.5, 0.6) is 5.75 Å². The lowest BCUT2D eigenvalue weighted by atomic mass is 10.1. The standard InChI is InChI=1S/C14H10ClIN2O3/c15-10-3-1-2-8(4-10)9-5-11(19)13(17-6-9)14(21)18-7-12(16)20/h1-6,19H,7H2,(H,18,21). The summed E-state index contributed by atoms with van der Waals surface area (Å²) in [5, 5.41) is 12.8. The quantitative estimate of drug-likeness (QED) is 0.593. The molecule has 0 bridgehead atoms. The van der Waals surface area contributed by atoms with Crippen LogP contribution in [0.2, 0.25) is 5.02 Å². The number of nitrogens with zero attached hydrogens (tertiary/aromatic N) is 1. The van der Waals surface area contributed by atoms with Crippen molar-refractivity contribution in [3.63, 3.8) is 0 Å². The molecule has 0 unspecified atom stereocenters. The first-order valence-electron chi connectivity index (χ1n) is 5.89. The van der Waals surface area contributed by atoms with Crippen molar-refractivity contribution >= 4 is 43.9 Å². The summed E-state index contributed by atoms with van der Waals surface area (Å²) in [5.74, 6) is -0.860. The minimum Gasteiger partial charge on any atom is -0.505 e. The molecule has 0 fully saturated rings. The summed E-state index contributed by atoms with van der Waals surface area (Å²) >= 11 is 7.48. The topological polar surface area (TPSA) is 79.3 Å². The highest BCUT2D eigenvalue weighted by atomic mass is 127. The van der Waals surface area contributed by atoms with Gasteiger partial charge in [0.1, 0.15) is 5.75 Å². The van der Waals surface area contributed by atoms with E-state index in [0.717, 1.165) is 5.56 Å². The van der Waals surface area contributed by atoms with Crippen molar-refractivity contribution in [2.45, 2.75) is 0 Å². The summed E-state index contributed by atoms with van der Waals surface area (Å²) in [6, 6.07) is 8.49. The SMILES string of the molecule is O=C(I)CNC(=O)c1ncc(-c2cccc(Cl)c2)cc1O. The summed E-state index contributed by atoms with van der Waals surface area (Å²) in [7, 11) is 0. The summed E-state index contributed by atoms with van der Waals surface area (Å²) < 4.78 is -0.212. The highest BCUT2D eigenvalue weighted by Gasteiger charge is 2.14. The largest absolute Gasteiger partial charge is 0.505 e. The van der Waals surface area contributed by atoms with Gasteiger partial charge in [0, 0.05) is 39.4 Å². The van der Waals surface area contributed by atoms with Crippen LogP contribution in [-0.2, 0) is 4.79 Å². The molecule has 7 heteroatoms. The number of aromatic hydroxyl groups is 1. The molecule has 1 heterocycles. The highest BCUT2D eigenvalue weighted by molar-refractivity contribution is 14.1. The molecular weight excluding hydrogens is 407 g/mol. The maximum absolute atomic E-state index is 11.8. The van der Waals surface area contributed by atoms with Crippen molar-refractivity contribution in [1.29, 1.82) is 0 Å². The second-order valence-electron chi connectivity index (χ2n) is 4.14. The Labute approximate surface area is 139 Å². The fourth-order valence-corrected chi connectivity index (χ4v) is 2.07. The van der Waals surface area contributed by atoms with Gasteiger partial charge in [0.15, 0.2) is 5.69 Å². The first kappa shape index (κ1) is 15.7. The van der Waals surface area contributed by atoms with E-state index < -0.39 is 5.91 Å². The number of halogens is 2. The molecule has 2 aromatic rings. The van der Waals surface area contributed by atoms with E-state index in [0.29, 0.717) is 10.6 Å². The number of amides is 1. The molecule has 0 atom stereocenters. The molecule has 2 rings (SSSR count). The van der Waals surface area contributed by atoms with Gasteiger partial charge in [-0.25, -0.2) is 4.98 Å². The van der Waals surface area contributed by atoms with E-state index in [4.69, 9.17) is 11.6 Å². The van der Waals surface area contributed by atoms with Gasteiger partial charge < -0.3 is 10.4 Å². The number of hydrogen-bond donors (Lipinski definition) is 2. The molecule has 0 saturated heterocycles. The lowest BCUT2D eigenvalue weighted by Crippen LogP contribution is -2.28. The monoisotopic (exact) mass is 416 g/mol. The number of nitrogens with one attached hydrogen (secondary N) is 1. The zero-order valence-corrected chi connectivity index (χ0v) is 13.6. The number of benzene rings is 1. The van der Waals surface area contributed by atoms with Crippen LogP contribution in [0.4, 0.5) is 0 Å². The maximum Gasteiger partial charge on any atom is 0.274 e. The van der Waals surface area contributed by atoms with Crippen molar-refractivity contribution in [3.8, 4) is 16.9 Å². The van der Waals surface area contributed by atoms with Crippen LogP contribution in [0.3, 0.4) is 0 Å². The summed E-state index contributed by atoms with van der Waals surface area (Å²) in [6.45, 7) is -0.115. The molecular formula is C14H10ClIN2O3. The summed E-state index contributed by atoms with van der Waals surface area (Å²) in [4.78, 5) is 26.5. The van der Waals surface area contributed by atoms with Gasteiger partial charge in [-0.1, -0.05) is 23.7 Å². The first-order valence-corrected chi connectivity index (χ1v) is 7.34. The van der Waals surface area contributed by atoms with Crippen LogP contribution < -0.4 is 5.32 Å². The zero-order chi connectivity index (χ0) is 15.4. The predicted octanol–water partition coefficient (Wildman–Crippen LogP) is 2.80. The van der Waals surface area contributed by atoms with Crippen LogP contribution in [0.1, 0.15) is 10.5 Å². The second kappa shape index (κ2) is 6.86. The van der Waals surface area contributed by atoms with Gasteiger partial charge in [0.05, 0.1) is 6.54 Å². The van der Waals surface area contributed by atoms with E-state index in [1.807, 2.05) is 6.07 Å². The second-order valence-corrected chi connectivity index (χ2v) is 5.78. The first-order chi connectivity index (χ1) is 9.97. The molecule has 0 spiro atoms. The fraction of sp³-hybridized carbons (Fsp3) is 0.0714. The minimum atomic E-state index is -0.602. The molecule has 0 aliphatic rings. The van der Waals surface area contributed by atoms with Crippen LogP contribution in [-0.4, -0.2) is 26.3 Å². The van der Waals surface area contributed by atoms with Crippen molar-refractivity contribution in [2.75, 3.05) is 6.54 Å². The van der Waals surface area contributed by atoms with Gasteiger partial charge in [0.2, 0.25) is 3.79 Å². The Morgan fingerprint density at radius 2 is 2.05 bits per heavy atom. The molecule has 1 amide bonds. The number of aromatic nitrogens is 1. The van der Waals surface area contributed by atoms with Gasteiger partial charge in [0.25, 0.3) is 5.91 Å². The Kier molecular flexibility index (Phi) is 5.13. The van der Waals surface area contributed by atoms with Gasteiger partial charge in [-0.05, 0) is 23.8 Å². The third kappa shape index (κ3) is 4.15. The molecule has 2 N–H and O–H groups in total. The maximum atomic E-state index is 11.8. The van der Waals surface area contributed by atoms with E-state index in [1.54, 1.807) is 40.8 Å². The van der Waals surface area contributed by atoms with Crippen LogP contribution in [0.15, 0.2) is 36.5 Å². The number of rotatable bonds is 4. The summed E-state index contributed by atoms with van der Waals surface area (Å²) in [5.41, 5.74) is 1.29. The van der Waals surface area contributed by atoms with Crippen molar-refractivity contribution < 1.29 is 14.7 Å². The van der Waals surface area contributed by atoms with Crippen molar-refractivity contribution in [3.05, 3.63) is 47.2 Å². The van der Waals surface area contributed by atoms with E-state index in [2.05, 4.69) is 10.3 Å². The molecule has 5 nitrogen and oxygen atoms in total. The minimum absolute atomic E-state index is 0.115. The average molecular weight is 417 g/mol. The molecule has 21 heavy (non-hydrogen) atoms. The van der Waals surface area contributed by atoms with E-state index in [1.165, 1.54) is 12.3 Å². The molecule has 0 aliphatic carbocycles.